The molecule has 128 valence electrons. The lowest BCUT2D eigenvalue weighted by atomic mass is 10.2. The van der Waals surface area contributed by atoms with Crippen molar-refractivity contribution < 1.29 is 23.5 Å². The molecule has 0 bridgehead atoms. The van der Waals surface area contributed by atoms with Crippen LogP contribution in [0, 0.1) is 17.1 Å². The Balaban J connectivity index is 2.00. The molecule has 0 spiro atoms. The molecule has 25 heavy (non-hydrogen) atoms. The lowest BCUT2D eigenvalue weighted by Gasteiger charge is -2.14. The maximum absolute atomic E-state index is 13.8. The number of carbonyl (C=O) groups excluding carboxylic acids is 2. The van der Waals surface area contributed by atoms with Crippen molar-refractivity contribution in [2.75, 3.05) is 12.4 Å². The molecule has 1 N–H and O–H groups in total. The summed E-state index contributed by atoms with van der Waals surface area (Å²) in [4.78, 5) is 24.0. The first-order valence-corrected chi connectivity index (χ1v) is 7.30. The van der Waals surface area contributed by atoms with Crippen molar-refractivity contribution >= 4 is 17.6 Å². The number of nitriles is 1. The highest BCUT2D eigenvalue weighted by Crippen LogP contribution is 2.18. The number of amides is 1. The van der Waals surface area contributed by atoms with Gasteiger partial charge in [-0.2, -0.15) is 5.26 Å². The zero-order chi connectivity index (χ0) is 18.4. The second-order valence-corrected chi connectivity index (χ2v) is 5.07. The van der Waals surface area contributed by atoms with Crippen LogP contribution in [0.1, 0.15) is 22.8 Å². The van der Waals surface area contributed by atoms with Gasteiger partial charge < -0.3 is 14.8 Å². The van der Waals surface area contributed by atoms with E-state index >= 15 is 0 Å². The molecule has 0 aromatic heterocycles. The molecule has 0 radical (unpaired) electrons. The van der Waals surface area contributed by atoms with Crippen LogP contribution in [0.5, 0.6) is 5.75 Å². The van der Waals surface area contributed by atoms with E-state index in [4.69, 9.17) is 14.7 Å². The fraction of sp³-hybridized carbons (Fsp3) is 0.167. The summed E-state index contributed by atoms with van der Waals surface area (Å²) < 4.78 is 23.7. The third kappa shape index (κ3) is 4.54. The predicted octanol–water partition coefficient (Wildman–Crippen LogP) is 2.89. The Morgan fingerprint density at radius 1 is 1.20 bits per heavy atom. The maximum atomic E-state index is 13.8. The van der Waals surface area contributed by atoms with Crippen LogP contribution in [-0.2, 0) is 9.53 Å². The van der Waals surface area contributed by atoms with Crippen LogP contribution in [0.25, 0.3) is 0 Å². The molecule has 0 fully saturated rings. The summed E-state index contributed by atoms with van der Waals surface area (Å²) >= 11 is 0. The number of benzene rings is 2. The van der Waals surface area contributed by atoms with Gasteiger partial charge in [0, 0.05) is 11.8 Å². The van der Waals surface area contributed by atoms with Crippen molar-refractivity contribution in [2.45, 2.75) is 13.0 Å². The molecule has 0 aliphatic rings. The molecule has 1 atom stereocenters. The quantitative estimate of drug-likeness (QED) is 0.844. The predicted molar refractivity (Wildman–Crippen MR) is 87.6 cm³/mol. The van der Waals surface area contributed by atoms with E-state index < -0.39 is 23.8 Å². The number of ether oxygens (including phenoxy) is 2. The largest absolute Gasteiger partial charge is 0.497 e. The second-order valence-electron chi connectivity index (χ2n) is 5.07. The number of nitrogens with one attached hydrogen (secondary N) is 1. The zero-order valence-corrected chi connectivity index (χ0v) is 13.6. The van der Waals surface area contributed by atoms with E-state index in [0.29, 0.717) is 11.3 Å². The summed E-state index contributed by atoms with van der Waals surface area (Å²) in [6.07, 6.45) is -1.13. The Kier molecular flexibility index (Phi) is 5.69. The van der Waals surface area contributed by atoms with Gasteiger partial charge in [0.1, 0.15) is 11.6 Å². The minimum absolute atomic E-state index is 0.264. The number of hydrogen-bond donors (Lipinski definition) is 1. The van der Waals surface area contributed by atoms with E-state index in [1.807, 2.05) is 6.07 Å². The maximum Gasteiger partial charge on any atom is 0.341 e. The Morgan fingerprint density at radius 3 is 2.44 bits per heavy atom. The molecule has 2 rings (SSSR count). The molecular formula is C18H15FN2O4. The van der Waals surface area contributed by atoms with Crippen molar-refractivity contribution in [1.29, 1.82) is 5.26 Å². The fourth-order valence-corrected chi connectivity index (χ4v) is 1.94. The summed E-state index contributed by atoms with van der Waals surface area (Å²) in [6, 6.07) is 11.8. The minimum atomic E-state index is -1.13. The first-order valence-electron chi connectivity index (χ1n) is 7.30. The number of carbonyl (C=O) groups is 2. The topological polar surface area (TPSA) is 88.4 Å². The molecular weight excluding hydrogens is 327 g/mol. The summed E-state index contributed by atoms with van der Waals surface area (Å²) in [5.74, 6) is -2.07. The number of anilines is 1. The number of halogens is 1. The first kappa shape index (κ1) is 17.9. The summed E-state index contributed by atoms with van der Waals surface area (Å²) in [5.41, 5.74) is 0.605. The molecule has 0 saturated carbocycles. The number of hydrogen-bond acceptors (Lipinski definition) is 5. The molecule has 6 nitrogen and oxygen atoms in total. The minimum Gasteiger partial charge on any atom is -0.497 e. The van der Waals surface area contributed by atoms with E-state index in [2.05, 4.69) is 5.32 Å². The SMILES string of the molecule is COc1ccc(C(=O)O[C@H](C)C(=O)Nc2ccc(C#N)cc2)c(F)c1. The van der Waals surface area contributed by atoms with Crippen LogP contribution in [0.3, 0.4) is 0 Å². The molecule has 1 amide bonds. The highest BCUT2D eigenvalue weighted by molar-refractivity contribution is 5.97. The first-order chi connectivity index (χ1) is 11.9. The van der Waals surface area contributed by atoms with Gasteiger partial charge in [0.05, 0.1) is 24.3 Å². The van der Waals surface area contributed by atoms with Crippen molar-refractivity contribution in [2.24, 2.45) is 0 Å². The smallest absolute Gasteiger partial charge is 0.341 e. The summed E-state index contributed by atoms with van der Waals surface area (Å²) in [6.45, 7) is 1.37. The van der Waals surface area contributed by atoms with Gasteiger partial charge in [0.25, 0.3) is 5.91 Å². The van der Waals surface area contributed by atoms with E-state index in [0.717, 1.165) is 6.07 Å². The second kappa shape index (κ2) is 7.93. The average molecular weight is 342 g/mol. The van der Waals surface area contributed by atoms with Crippen LogP contribution >= 0.6 is 0 Å². The Labute approximate surface area is 143 Å². The molecule has 0 unspecified atom stereocenters. The molecule has 0 saturated heterocycles. The average Bonchev–Trinajstić information content (AvgIpc) is 2.61. The number of nitrogens with zero attached hydrogens (tertiary/aromatic N) is 1. The third-order valence-electron chi connectivity index (χ3n) is 3.33. The fourth-order valence-electron chi connectivity index (χ4n) is 1.94. The molecule has 2 aromatic rings. The van der Waals surface area contributed by atoms with Crippen molar-refractivity contribution in [3.8, 4) is 11.8 Å². The Hall–Kier alpha value is -3.40. The molecule has 0 heterocycles. The van der Waals surface area contributed by atoms with Gasteiger partial charge in [-0.05, 0) is 43.3 Å². The summed E-state index contributed by atoms with van der Waals surface area (Å²) in [7, 11) is 1.38. The highest BCUT2D eigenvalue weighted by atomic mass is 19.1. The Bertz CT molecular complexity index is 828. The van der Waals surface area contributed by atoms with E-state index in [1.54, 1.807) is 24.3 Å². The third-order valence-corrected chi connectivity index (χ3v) is 3.33. The normalized spacial score (nSPS) is 11.1. The van der Waals surface area contributed by atoms with Crippen molar-refractivity contribution in [1.82, 2.24) is 0 Å². The van der Waals surface area contributed by atoms with E-state index in [-0.39, 0.29) is 11.3 Å². The van der Waals surface area contributed by atoms with Crippen LogP contribution in [-0.4, -0.2) is 25.1 Å². The van der Waals surface area contributed by atoms with Gasteiger partial charge in [-0.25, -0.2) is 9.18 Å². The molecule has 0 aliphatic carbocycles. The van der Waals surface area contributed by atoms with Crippen molar-refractivity contribution in [3.63, 3.8) is 0 Å². The monoisotopic (exact) mass is 342 g/mol. The van der Waals surface area contributed by atoms with Crippen molar-refractivity contribution in [3.05, 3.63) is 59.4 Å². The van der Waals surface area contributed by atoms with Crippen LogP contribution in [0.15, 0.2) is 42.5 Å². The van der Waals surface area contributed by atoms with E-state index in [9.17, 15) is 14.0 Å². The molecule has 7 heteroatoms. The Morgan fingerprint density at radius 2 is 1.88 bits per heavy atom. The van der Waals surface area contributed by atoms with Gasteiger partial charge >= 0.3 is 5.97 Å². The van der Waals surface area contributed by atoms with E-state index in [1.165, 1.54) is 26.2 Å². The van der Waals surface area contributed by atoms with Crippen LogP contribution in [0.4, 0.5) is 10.1 Å². The lowest BCUT2D eigenvalue weighted by Crippen LogP contribution is -2.30. The molecule has 0 aliphatic heterocycles. The van der Waals surface area contributed by atoms with Gasteiger partial charge in [-0.15, -0.1) is 0 Å². The number of esters is 1. The highest BCUT2D eigenvalue weighted by Gasteiger charge is 2.21. The number of rotatable bonds is 5. The van der Waals surface area contributed by atoms with Crippen LogP contribution < -0.4 is 10.1 Å². The van der Waals surface area contributed by atoms with Gasteiger partial charge in [0.2, 0.25) is 0 Å². The summed E-state index contributed by atoms with van der Waals surface area (Å²) in [5, 5.41) is 11.3. The van der Waals surface area contributed by atoms with Crippen LogP contribution in [0.2, 0.25) is 0 Å². The standard InChI is InChI=1S/C18H15FN2O4/c1-11(17(22)21-13-5-3-12(10-20)4-6-13)25-18(23)15-8-7-14(24-2)9-16(15)19/h3-9,11H,1-2H3,(H,21,22)/t11-/m1/s1. The van der Waals surface area contributed by atoms with Gasteiger partial charge in [-0.3, -0.25) is 4.79 Å². The lowest BCUT2D eigenvalue weighted by molar-refractivity contribution is -0.123. The zero-order valence-electron chi connectivity index (χ0n) is 13.6. The number of methoxy groups -OCH3 is 1. The van der Waals surface area contributed by atoms with Gasteiger partial charge in [0.15, 0.2) is 6.10 Å². The van der Waals surface area contributed by atoms with Gasteiger partial charge in [-0.1, -0.05) is 0 Å². The molecule has 2 aromatic carbocycles.